The largest absolute Gasteiger partial charge is 0.481 e. The van der Waals surface area contributed by atoms with Gasteiger partial charge in [-0.05, 0) is 18.8 Å². The van der Waals surface area contributed by atoms with E-state index in [9.17, 15) is 24.3 Å². The second-order valence-electron chi connectivity index (χ2n) is 8.61. The minimum absolute atomic E-state index is 0.00340. The smallest absolute Gasteiger partial charge is 0.353 e. The summed E-state index contributed by atoms with van der Waals surface area (Å²) in [6.07, 6.45) is 0.971. The van der Waals surface area contributed by atoms with Gasteiger partial charge in [-0.3, -0.25) is 14.4 Å². The van der Waals surface area contributed by atoms with E-state index in [1.807, 2.05) is 13.8 Å². The number of rotatable bonds is 8. The number of hydrogen-bond acceptors (Lipinski definition) is 6. The monoisotopic (exact) mass is 439 g/mol. The van der Waals surface area contributed by atoms with Crippen LogP contribution in [0.25, 0.3) is 0 Å². The van der Waals surface area contributed by atoms with Crippen molar-refractivity contribution in [1.29, 1.82) is 0 Å². The van der Waals surface area contributed by atoms with Crippen molar-refractivity contribution < 1.29 is 29.4 Å². The number of nitrogens with zero attached hydrogens (tertiary/aromatic N) is 2. The molecule has 0 unspecified atom stereocenters. The predicted octanol–water partition coefficient (Wildman–Crippen LogP) is 0.812. The number of carboxylic acids is 2. The van der Waals surface area contributed by atoms with Crippen molar-refractivity contribution in [3.05, 3.63) is 10.6 Å². The van der Waals surface area contributed by atoms with Crippen LogP contribution >= 0.6 is 11.8 Å². The molecule has 0 aromatic heterocycles. The molecule has 2 saturated heterocycles. The van der Waals surface area contributed by atoms with Gasteiger partial charge >= 0.3 is 11.9 Å². The molecular weight excluding hydrogens is 410 g/mol. The molecule has 0 saturated carbocycles. The van der Waals surface area contributed by atoms with Crippen molar-refractivity contribution >= 4 is 35.5 Å². The van der Waals surface area contributed by atoms with Crippen molar-refractivity contribution in [2.45, 2.75) is 50.4 Å². The van der Waals surface area contributed by atoms with E-state index in [4.69, 9.17) is 5.11 Å². The van der Waals surface area contributed by atoms with Crippen LogP contribution in [0.15, 0.2) is 10.6 Å². The average molecular weight is 440 g/mol. The van der Waals surface area contributed by atoms with Crippen LogP contribution in [0.4, 0.5) is 0 Å². The summed E-state index contributed by atoms with van der Waals surface area (Å²) in [5.41, 5.74) is 0.0478. The zero-order chi connectivity index (χ0) is 22.3. The fraction of sp³-hybridized carbons (Fsp3) is 0.700. The minimum atomic E-state index is -1.12. The van der Waals surface area contributed by atoms with Crippen molar-refractivity contribution in [1.82, 2.24) is 15.1 Å². The van der Waals surface area contributed by atoms with E-state index in [0.29, 0.717) is 24.3 Å². The Hall–Kier alpha value is -2.07. The Morgan fingerprint density at radius 1 is 1.30 bits per heavy atom. The maximum atomic E-state index is 12.8. The van der Waals surface area contributed by atoms with Crippen LogP contribution < -0.4 is 5.32 Å². The molecule has 6 atom stereocenters. The highest BCUT2D eigenvalue weighted by Gasteiger charge is 2.60. The normalized spacial score (nSPS) is 31.4. The van der Waals surface area contributed by atoms with E-state index >= 15 is 0 Å². The molecular formula is C20H29N3O6S. The second kappa shape index (κ2) is 8.58. The Kier molecular flexibility index (Phi) is 6.47. The summed E-state index contributed by atoms with van der Waals surface area (Å²) in [5, 5.41) is 22.0. The van der Waals surface area contributed by atoms with Gasteiger partial charge in [0.05, 0.1) is 18.0 Å². The molecule has 3 aliphatic rings. The Bertz CT molecular complexity index is 797. The lowest BCUT2D eigenvalue weighted by Crippen LogP contribution is -2.62. The van der Waals surface area contributed by atoms with Crippen molar-refractivity contribution in [3.63, 3.8) is 0 Å². The summed E-state index contributed by atoms with van der Waals surface area (Å²) in [6, 6.07) is -0.533. The molecule has 2 fully saturated rings. The number of fused-ring (bicyclic) bond motifs is 1. The molecule has 0 aromatic rings. The quantitative estimate of drug-likeness (QED) is 0.474. The van der Waals surface area contributed by atoms with Gasteiger partial charge in [-0.25, -0.2) is 4.79 Å². The van der Waals surface area contributed by atoms with Gasteiger partial charge in [0.25, 0.3) is 0 Å². The topological polar surface area (TPSA) is 127 Å². The first-order chi connectivity index (χ1) is 14.0. The highest BCUT2D eigenvalue weighted by atomic mass is 32.2. The third-order valence-corrected chi connectivity index (χ3v) is 7.85. The Morgan fingerprint density at radius 2 is 1.97 bits per heavy atom. The first kappa shape index (κ1) is 22.6. The number of carbonyl (C=O) groups is 4. The third-order valence-electron chi connectivity index (χ3n) is 6.34. The van der Waals surface area contributed by atoms with Crippen LogP contribution in [0.2, 0.25) is 0 Å². The van der Waals surface area contributed by atoms with Crippen LogP contribution in [0.1, 0.15) is 33.1 Å². The Labute approximate surface area is 179 Å². The molecule has 3 heterocycles. The van der Waals surface area contributed by atoms with Gasteiger partial charge in [-0.2, -0.15) is 0 Å². The highest BCUT2D eigenvalue weighted by molar-refractivity contribution is 8.03. The first-order valence-corrected chi connectivity index (χ1v) is 11.1. The van der Waals surface area contributed by atoms with E-state index in [1.165, 1.54) is 16.7 Å². The summed E-state index contributed by atoms with van der Waals surface area (Å²) < 4.78 is 0. The average Bonchev–Trinajstić information content (AvgIpc) is 3.22. The zero-order valence-corrected chi connectivity index (χ0v) is 18.4. The van der Waals surface area contributed by atoms with Gasteiger partial charge in [-0.1, -0.05) is 13.8 Å². The molecule has 3 N–H and O–H groups in total. The molecule has 9 nitrogen and oxygen atoms in total. The summed E-state index contributed by atoms with van der Waals surface area (Å²) in [5.74, 6) is -2.90. The lowest BCUT2D eigenvalue weighted by Gasteiger charge is -2.47. The number of thioether (sulfide) groups is 1. The first-order valence-electron chi connectivity index (χ1n) is 10.2. The van der Waals surface area contributed by atoms with Gasteiger partial charge in [-0.15, -0.1) is 11.8 Å². The van der Waals surface area contributed by atoms with Gasteiger partial charge in [0.1, 0.15) is 5.70 Å². The van der Waals surface area contributed by atoms with Crippen LogP contribution in [-0.2, 0) is 19.2 Å². The third kappa shape index (κ3) is 3.94. The van der Waals surface area contributed by atoms with Crippen LogP contribution in [0.3, 0.4) is 0 Å². The van der Waals surface area contributed by atoms with Crippen LogP contribution in [-0.4, -0.2) is 81.7 Å². The van der Waals surface area contributed by atoms with E-state index < -0.39 is 11.9 Å². The molecule has 0 spiro atoms. The van der Waals surface area contributed by atoms with E-state index in [1.54, 1.807) is 19.0 Å². The number of hydrogen-bond donors (Lipinski definition) is 3. The lowest BCUT2D eigenvalue weighted by molar-refractivity contribution is -0.160. The predicted molar refractivity (Wildman–Crippen MR) is 110 cm³/mol. The van der Waals surface area contributed by atoms with Crippen molar-refractivity contribution in [3.8, 4) is 0 Å². The Balaban J connectivity index is 1.74. The molecule has 30 heavy (non-hydrogen) atoms. The number of amides is 2. The molecule has 0 bridgehead atoms. The molecule has 0 aliphatic carbocycles. The van der Waals surface area contributed by atoms with Gasteiger partial charge < -0.3 is 25.3 Å². The Morgan fingerprint density at radius 3 is 2.53 bits per heavy atom. The van der Waals surface area contributed by atoms with Crippen LogP contribution in [0.5, 0.6) is 0 Å². The molecule has 0 aromatic carbocycles. The van der Waals surface area contributed by atoms with Crippen molar-refractivity contribution in [2.24, 2.45) is 17.8 Å². The molecule has 0 radical (unpaired) electrons. The maximum Gasteiger partial charge on any atom is 0.353 e. The zero-order valence-electron chi connectivity index (χ0n) is 17.6. The van der Waals surface area contributed by atoms with Gasteiger partial charge in [0.15, 0.2) is 0 Å². The van der Waals surface area contributed by atoms with E-state index in [2.05, 4.69) is 5.32 Å². The van der Waals surface area contributed by atoms with Gasteiger partial charge in [0, 0.05) is 43.1 Å². The second-order valence-corrected chi connectivity index (χ2v) is 9.95. The minimum Gasteiger partial charge on any atom is -0.481 e. The summed E-state index contributed by atoms with van der Waals surface area (Å²) in [7, 11) is 3.41. The van der Waals surface area contributed by atoms with Crippen molar-refractivity contribution in [2.75, 3.05) is 20.6 Å². The SMILES string of the molecule is C[C@@H](CCC(=O)O)[C@H]1C(=O)N2C(C(=O)O)=C(S[C@@H]3CN[C@H](C(=O)N(C)C)C3)[C@H](C)[C@H]12. The lowest BCUT2D eigenvalue weighted by atomic mass is 9.73. The summed E-state index contributed by atoms with van der Waals surface area (Å²) in [6.45, 7) is 4.39. The molecule has 10 heteroatoms. The van der Waals surface area contributed by atoms with Gasteiger partial charge in [0.2, 0.25) is 11.8 Å². The summed E-state index contributed by atoms with van der Waals surface area (Å²) in [4.78, 5) is 51.5. The molecule has 2 amide bonds. The van der Waals surface area contributed by atoms with E-state index in [-0.39, 0.29) is 59.0 Å². The molecule has 3 rings (SSSR count). The fourth-order valence-corrected chi connectivity index (χ4v) is 6.25. The number of aliphatic carboxylic acids is 2. The number of carboxylic acid groups (broad SMARTS) is 2. The number of nitrogens with one attached hydrogen (secondary N) is 1. The standard InChI is InChI=1S/C20H29N3O6S/c1-9(5-6-13(24)25)14-15-10(2)17(16(20(28)29)23(15)19(14)27)30-11-7-12(21-8-11)18(26)22(3)4/h9-12,14-15,21H,5-8H2,1-4H3,(H,24,25)(H,28,29)/t9-,10+,11-,12-,14+,15+/m0/s1. The van der Waals surface area contributed by atoms with Crippen LogP contribution in [0, 0.1) is 17.8 Å². The highest BCUT2D eigenvalue weighted by Crippen LogP contribution is 2.53. The molecule has 166 valence electrons. The summed E-state index contributed by atoms with van der Waals surface area (Å²) >= 11 is 1.45. The number of carbonyl (C=O) groups excluding carboxylic acids is 2. The molecule has 3 aliphatic heterocycles. The van der Waals surface area contributed by atoms with E-state index in [0.717, 1.165) is 0 Å². The number of likely N-dealkylation sites (N-methyl/N-ethyl adjacent to an activating group) is 1. The maximum absolute atomic E-state index is 12.8. The number of β-lactam (4-membered cyclic amide) rings is 1. The fourth-order valence-electron chi connectivity index (χ4n) is 4.77.